The summed E-state index contributed by atoms with van der Waals surface area (Å²) in [7, 11) is 0. The van der Waals surface area contributed by atoms with Crippen molar-refractivity contribution in [3.63, 3.8) is 0 Å². The van der Waals surface area contributed by atoms with Crippen molar-refractivity contribution < 1.29 is 4.79 Å². The minimum Gasteiger partial charge on any atom is -0.360 e. The van der Waals surface area contributed by atoms with Crippen LogP contribution in [0.1, 0.15) is 15.9 Å². The van der Waals surface area contributed by atoms with Gasteiger partial charge in [-0.15, -0.1) is 0 Å². The predicted octanol–water partition coefficient (Wildman–Crippen LogP) is 4.71. The molecule has 0 bridgehead atoms. The average molecular weight is 290 g/mol. The first-order chi connectivity index (χ1) is 9.18. The van der Waals surface area contributed by atoms with Gasteiger partial charge in [0.05, 0.1) is 10.0 Å². The SMILES string of the molecule is O=C(c1cccc(Cl)c1Cl)c1c[nH]c2ccccc12. The van der Waals surface area contributed by atoms with Crippen LogP contribution in [0, 0.1) is 0 Å². The van der Waals surface area contributed by atoms with Crippen molar-refractivity contribution in [1.29, 1.82) is 0 Å². The Balaban J connectivity index is 2.17. The van der Waals surface area contributed by atoms with Crippen LogP contribution in [0.4, 0.5) is 0 Å². The van der Waals surface area contributed by atoms with E-state index >= 15 is 0 Å². The van der Waals surface area contributed by atoms with Gasteiger partial charge in [-0.3, -0.25) is 4.79 Å². The minimum atomic E-state index is -0.134. The highest BCUT2D eigenvalue weighted by molar-refractivity contribution is 6.44. The molecule has 1 aromatic heterocycles. The number of halogens is 2. The molecule has 0 atom stereocenters. The van der Waals surface area contributed by atoms with Crippen LogP contribution in [0.2, 0.25) is 10.0 Å². The monoisotopic (exact) mass is 289 g/mol. The summed E-state index contributed by atoms with van der Waals surface area (Å²) >= 11 is 12.0. The number of ketones is 1. The second-order valence-electron chi connectivity index (χ2n) is 4.18. The van der Waals surface area contributed by atoms with Gasteiger partial charge < -0.3 is 4.98 Å². The van der Waals surface area contributed by atoms with Gasteiger partial charge in [-0.25, -0.2) is 0 Å². The number of aromatic amines is 1. The number of nitrogens with one attached hydrogen (secondary N) is 1. The fourth-order valence-electron chi connectivity index (χ4n) is 2.08. The van der Waals surface area contributed by atoms with E-state index in [-0.39, 0.29) is 5.78 Å². The van der Waals surface area contributed by atoms with Crippen molar-refractivity contribution >= 4 is 39.9 Å². The molecule has 0 aliphatic carbocycles. The van der Waals surface area contributed by atoms with Gasteiger partial charge in [-0.1, -0.05) is 47.5 Å². The van der Waals surface area contributed by atoms with E-state index in [2.05, 4.69) is 4.98 Å². The maximum Gasteiger partial charge on any atom is 0.196 e. The number of carbonyl (C=O) groups excluding carboxylic acids is 1. The third-order valence-electron chi connectivity index (χ3n) is 3.03. The summed E-state index contributed by atoms with van der Waals surface area (Å²) in [6.45, 7) is 0. The maximum absolute atomic E-state index is 12.5. The predicted molar refractivity (Wildman–Crippen MR) is 78.2 cm³/mol. The van der Waals surface area contributed by atoms with Gasteiger partial charge >= 0.3 is 0 Å². The Kier molecular flexibility index (Phi) is 3.05. The molecule has 0 aliphatic heterocycles. The molecular weight excluding hydrogens is 281 g/mol. The first-order valence-electron chi connectivity index (χ1n) is 5.73. The molecule has 2 aromatic carbocycles. The lowest BCUT2D eigenvalue weighted by Gasteiger charge is -2.04. The standard InChI is InChI=1S/C15H9Cl2NO/c16-12-6-3-5-10(14(12)17)15(19)11-8-18-13-7-2-1-4-9(11)13/h1-8,18H. The molecular formula is C15H9Cl2NO. The third-order valence-corrected chi connectivity index (χ3v) is 3.85. The summed E-state index contributed by atoms with van der Waals surface area (Å²) in [5.41, 5.74) is 1.93. The normalized spacial score (nSPS) is 10.8. The van der Waals surface area contributed by atoms with Gasteiger partial charge in [0.2, 0.25) is 0 Å². The van der Waals surface area contributed by atoms with Crippen LogP contribution in [0.15, 0.2) is 48.7 Å². The molecule has 19 heavy (non-hydrogen) atoms. The fourth-order valence-corrected chi connectivity index (χ4v) is 2.47. The van der Waals surface area contributed by atoms with E-state index in [1.807, 2.05) is 24.3 Å². The van der Waals surface area contributed by atoms with E-state index in [1.165, 1.54) is 0 Å². The van der Waals surface area contributed by atoms with Gasteiger partial charge in [0.25, 0.3) is 0 Å². The molecule has 1 N–H and O–H groups in total. The van der Waals surface area contributed by atoms with E-state index in [0.717, 1.165) is 10.9 Å². The van der Waals surface area contributed by atoms with Gasteiger partial charge in [0, 0.05) is 28.2 Å². The molecule has 0 fully saturated rings. The van der Waals surface area contributed by atoms with Crippen LogP contribution in [0.5, 0.6) is 0 Å². The Hall–Kier alpha value is -1.77. The molecule has 0 unspecified atom stereocenters. The van der Waals surface area contributed by atoms with Crippen LogP contribution in [0.3, 0.4) is 0 Å². The Bertz CT molecular complexity index is 777. The van der Waals surface area contributed by atoms with E-state index in [0.29, 0.717) is 21.2 Å². The highest BCUT2D eigenvalue weighted by Gasteiger charge is 2.17. The van der Waals surface area contributed by atoms with Crippen LogP contribution in [-0.4, -0.2) is 10.8 Å². The molecule has 2 nitrogen and oxygen atoms in total. The van der Waals surface area contributed by atoms with E-state index in [1.54, 1.807) is 24.4 Å². The van der Waals surface area contributed by atoms with Crippen molar-refractivity contribution in [2.75, 3.05) is 0 Å². The fraction of sp³-hybridized carbons (Fsp3) is 0. The van der Waals surface area contributed by atoms with Crippen LogP contribution < -0.4 is 0 Å². The molecule has 0 spiro atoms. The zero-order chi connectivity index (χ0) is 13.4. The van der Waals surface area contributed by atoms with Crippen molar-refractivity contribution in [3.05, 3.63) is 69.8 Å². The summed E-state index contributed by atoms with van der Waals surface area (Å²) in [6.07, 6.45) is 1.70. The quantitative estimate of drug-likeness (QED) is 0.681. The molecule has 3 aromatic rings. The van der Waals surface area contributed by atoms with Gasteiger partial charge in [-0.2, -0.15) is 0 Å². The second kappa shape index (κ2) is 4.72. The number of hydrogen-bond acceptors (Lipinski definition) is 1. The lowest BCUT2D eigenvalue weighted by Crippen LogP contribution is -2.01. The molecule has 1 heterocycles. The van der Waals surface area contributed by atoms with Crippen LogP contribution in [-0.2, 0) is 0 Å². The molecule has 94 valence electrons. The number of carbonyl (C=O) groups is 1. The van der Waals surface area contributed by atoms with Crippen LogP contribution in [0.25, 0.3) is 10.9 Å². The summed E-state index contributed by atoms with van der Waals surface area (Å²) in [5.74, 6) is -0.134. The summed E-state index contributed by atoms with van der Waals surface area (Å²) < 4.78 is 0. The number of benzene rings is 2. The second-order valence-corrected chi connectivity index (χ2v) is 4.96. The van der Waals surface area contributed by atoms with Crippen molar-refractivity contribution in [3.8, 4) is 0 Å². The highest BCUT2D eigenvalue weighted by atomic mass is 35.5. The first-order valence-corrected chi connectivity index (χ1v) is 6.49. The first kappa shape index (κ1) is 12.3. The smallest absolute Gasteiger partial charge is 0.196 e. The van der Waals surface area contributed by atoms with Crippen molar-refractivity contribution in [2.24, 2.45) is 0 Å². The highest BCUT2D eigenvalue weighted by Crippen LogP contribution is 2.29. The number of H-pyrrole nitrogens is 1. The molecule has 0 radical (unpaired) electrons. The molecule has 0 saturated heterocycles. The van der Waals surface area contributed by atoms with Gasteiger partial charge in [-0.05, 0) is 18.2 Å². The third kappa shape index (κ3) is 2.03. The maximum atomic E-state index is 12.5. The van der Waals surface area contributed by atoms with E-state index in [4.69, 9.17) is 23.2 Å². The number of aromatic nitrogens is 1. The Morgan fingerprint density at radius 3 is 2.58 bits per heavy atom. The number of para-hydroxylation sites is 1. The Morgan fingerprint density at radius 2 is 1.74 bits per heavy atom. The molecule has 0 aliphatic rings. The number of hydrogen-bond donors (Lipinski definition) is 1. The molecule has 0 amide bonds. The topological polar surface area (TPSA) is 32.9 Å². The van der Waals surface area contributed by atoms with Gasteiger partial charge in [0.15, 0.2) is 5.78 Å². The molecule has 4 heteroatoms. The lowest BCUT2D eigenvalue weighted by molar-refractivity contribution is 0.104. The zero-order valence-corrected chi connectivity index (χ0v) is 11.3. The van der Waals surface area contributed by atoms with E-state index < -0.39 is 0 Å². The van der Waals surface area contributed by atoms with Crippen molar-refractivity contribution in [2.45, 2.75) is 0 Å². The van der Waals surface area contributed by atoms with Crippen molar-refractivity contribution in [1.82, 2.24) is 4.98 Å². The average Bonchev–Trinajstić information content (AvgIpc) is 2.85. The summed E-state index contributed by atoms with van der Waals surface area (Å²) in [5, 5.41) is 1.55. The summed E-state index contributed by atoms with van der Waals surface area (Å²) in [6, 6.07) is 12.7. The summed E-state index contributed by atoms with van der Waals surface area (Å²) in [4.78, 5) is 15.6. The van der Waals surface area contributed by atoms with Gasteiger partial charge in [0.1, 0.15) is 0 Å². The number of fused-ring (bicyclic) bond motifs is 1. The Labute approximate surface area is 120 Å². The van der Waals surface area contributed by atoms with E-state index in [9.17, 15) is 4.79 Å². The minimum absolute atomic E-state index is 0.134. The Morgan fingerprint density at radius 1 is 0.947 bits per heavy atom. The zero-order valence-electron chi connectivity index (χ0n) is 9.78. The number of rotatable bonds is 2. The molecule has 0 saturated carbocycles. The lowest BCUT2D eigenvalue weighted by atomic mass is 10.0. The largest absolute Gasteiger partial charge is 0.360 e. The molecule has 3 rings (SSSR count). The van der Waals surface area contributed by atoms with Crippen LogP contribution >= 0.6 is 23.2 Å².